The maximum absolute atomic E-state index is 12.9. The Labute approximate surface area is 185 Å². The SMILES string of the molecule is O=C(O)c1ccn(-c2cccc(NC(=O)C3CCCN(C(=O)Cc4ccccc4)C3)c2)n1. The molecule has 2 heterocycles. The average molecular weight is 432 g/mol. The number of carboxylic acid groups (broad SMARTS) is 1. The fourth-order valence-electron chi connectivity index (χ4n) is 3.85. The molecule has 0 radical (unpaired) electrons. The molecule has 2 aromatic carbocycles. The van der Waals surface area contributed by atoms with Gasteiger partial charge in [0.1, 0.15) is 0 Å². The number of carbonyl (C=O) groups excluding carboxylic acids is 2. The number of aromatic carboxylic acids is 1. The Kier molecular flexibility index (Phi) is 6.30. The van der Waals surface area contributed by atoms with Crippen LogP contribution in [0.15, 0.2) is 66.9 Å². The highest BCUT2D eigenvalue weighted by Gasteiger charge is 2.28. The standard InChI is InChI=1S/C24H24N4O4/c29-22(14-17-6-2-1-3-7-17)27-12-5-8-18(16-27)23(30)25-19-9-4-10-20(15-19)28-13-11-21(26-28)24(31)32/h1-4,6-7,9-11,13,15,18H,5,8,12,14,16H2,(H,25,30)(H,31,32). The molecule has 2 N–H and O–H groups in total. The Balaban J connectivity index is 1.39. The van der Waals surface area contributed by atoms with Crippen LogP contribution in [-0.2, 0) is 16.0 Å². The predicted octanol–water partition coefficient (Wildman–Crippen LogP) is 2.99. The van der Waals surface area contributed by atoms with Crippen LogP contribution in [0.3, 0.4) is 0 Å². The number of hydrogen-bond acceptors (Lipinski definition) is 4. The summed E-state index contributed by atoms with van der Waals surface area (Å²) in [4.78, 5) is 38.4. The number of likely N-dealkylation sites (tertiary alicyclic amines) is 1. The first-order valence-corrected chi connectivity index (χ1v) is 10.5. The van der Waals surface area contributed by atoms with Crippen molar-refractivity contribution in [1.29, 1.82) is 0 Å². The molecule has 4 rings (SSSR count). The third-order valence-corrected chi connectivity index (χ3v) is 5.53. The lowest BCUT2D eigenvalue weighted by molar-refractivity contribution is -0.133. The quantitative estimate of drug-likeness (QED) is 0.623. The monoisotopic (exact) mass is 432 g/mol. The van der Waals surface area contributed by atoms with Gasteiger partial charge in [-0.15, -0.1) is 0 Å². The topological polar surface area (TPSA) is 105 Å². The Bertz CT molecular complexity index is 1130. The fraction of sp³-hybridized carbons (Fsp3) is 0.250. The molecule has 3 aromatic rings. The van der Waals surface area contributed by atoms with Crippen LogP contribution < -0.4 is 5.32 Å². The molecule has 1 saturated heterocycles. The largest absolute Gasteiger partial charge is 0.476 e. The number of piperidine rings is 1. The number of rotatable bonds is 6. The first-order chi connectivity index (χ1) is 15.5. The molecule has 0 aliphatic carbocycles. The number of hydrogen-bond donors (Lipinski definition) is 2. The summed E-state index contributed by atoms with van der Waals surface area (Å²) in [6.45, 7) is 1.06. The molecule has 2 amide bonds. The Morgan fingerprint density at radius 1 is 1.06 bits per heavy atom. The lowest BCUT2D eigenvalue weighted by atomic mass is 9.96. The van der Waals surface area contributed by atoms with E-state index in [9.17, 15) is 14.4 Å². The molecule has 0 bridgehead atoms. The number of nitrogens with zero attached hydrogens (tertiary/aromatic N) is 3. The van der Waals surface area contributed by atoms with Gasteiger partial charge in [-0.1, -0.05) is 36.4 Å². The summed E-state index contributed by atoms with van der Waals surface area (Å²) in [5.74, 6) is -1.48. The Hall–Kier alpha value is -3.94. The van der Waals surface area contributed by atoms with E-state index < -0.39 is 5.97 Å². The molecule has 164 valence electrons. The molecule has 0 spiro atoms. The fourth-order valence-corrected chi connectivity index (χ4v) is 3.85. The number of benzene rings is 2. The van der Waals surface area contributed by atoms with E-state index in [-0.39, 0.29) is 23.4 Å². The highest BCUT2D eigenvalue weighted by molar-refractivity contribution is 5.93. The van der Waals surface area contributed by atoms with Crippen LogP contribution in [0.25, 0.3) is 5.69 Å². The summed E-state index contributed by atoms with van der Waals surface area (Å²) < 4.78 is 1.45. The summed E-state index contributed by atoms with van der Waals surface area (Å²) in [6.07, 6.45) is 3.40. The predicted molar refractivity (Wildman–Crippen MR) is 119 cm³/mol. The summed E-state index contributed by atoms with van der Waals surface area (Å²) >= 11 is 0. The molecule has 1 aliphatic rings. The van der Waals surface area contributed by atoms with Gasteiger partial charge in [0, 0.05) is 25.0 Å². The van der Waals surface area contributed by atoms with E-state index in [1.165, 1.54) is 10.7 Å². The van der Waals surface area contributed by atoms with Gasteiger partial charge in [0.05, 0.1) is 18.0 Å². The van der Waals surface area contributed by atoms with Crippen molar-refractivity contribution in [2.24, 2.45) is 5.92 Å². The molecule has 8 nitrogen and oxygen atoms in total. The molecular formula is C24H24N4O4. The van der Waals surface area contributed by atoms with E-state index in [0.717, 1.165) is 18.4 Å². The van der Waals surface area contributed by atoms with Gasteiger partial charge in [-0.25, -0.2) is 9.48 Å². The third-order valence-electron chi connectivity index (χ3n) is 5.53. The smallest absolute Gasteiger partial charge is 0.356 e. The molecule has 1 unspecified atom stereocenters. The molecule has 1 fully saturated rings. The van der Waals surface area contributed by atoms with E-state index in [1.54, 1.807) is 35.4 Å². The van der Waals surface area contributed by atoms with E-state index in [2.05, 4.69) is 10.4 Å². The lowest BCUT2D eigenvalue weighted by Gasteiger charge is -2.32. The number of aromatic nitrogens is 2. The minimum atomic E-state index is -1.10. The maximum atomic E-state index is 12.9. The van der Waals surface area contributed by atoms with Crippen molar-refractivity contribution < 1.29 is 19.5 Å². The van der Waals surface area contributed by atoms with Gasteiger partial charge >= 0.3 is 5.97 Å². The molecule has 32 heavy (non-hydrogen) atoms. The minimum absolute atomic E-state index is 0.0311. The molecule has 1 atom stereocenters. The third kappa shape index (κ3) is 5.03. The number of amides is 2. The molecule has 1 aliphatic heterocycles. The van der Waals surface area contributed by atoms with Gasteiger partial charge in [0.25, 0.3) is 0 Å². The van der Waals surface area contributed by atoms with Crippen LogP contribution in [0.4, 0.5) is 5.69 Å². The normalized spacial score (nSPS) is 15.9. The van der Waals surface area contributed by atoms with Crippen molar-refractivity contribution in [2.45, 2.75) is 19.3 Å². The van der Waals surface area contributed by atoms with Gasteiger partial charge < -0.3 is 15.3 Å². The van der Waals surface area contributed by atoms with Crippen molar-refractivity contribution >= 4 is 23.5 Å². The van der Waals surface area contributed by atoms with E-state index in [4.69, 9.17) is 5.11 Å². The highest BCUT2D eigenvalue weighted by atomic mass is 16.4. The minimum Gasteiger partial charge on any atom is -0.476 e. The van der Waals surface area contributed by atoms with Crippen LogP contribution in [0.5, 0.6) is 0 Å². The van der Waals surface area contributed by atoms with E-state index in [1.807, 2.05) is 30.3 Å². The second kappa shape index (κ2) is 9.47. The maximum Gasteiger partial charge on any atom is 0.356 e. The second-order valence-corrected chi connectivity index (χ2v) is 7.83. The zero-order chi connectivity index (χ0) is 22.5. The summed E-state index contributed by atoms with van der Waals surface area (Å²) in [5.41, 5.74) is 2.14. The first-order valence-electron chi connectivity index (χ1n) is 10.5. The Morgan fingerprint density at radius 3 is 2.62 bits per heavy atom. The van der Waals surface area contributed by atoms with Gasteiger partial charge in [-0.3, -0.25) is 9.59 Å². The highest BCUT2D eigenvalue weighted by Crippen LogP contribution is 2.21. The van der Waals surface area contributed by atoms with E-state index in [0.29, 0.717) is 30.9 Å². The van der Waals surface area contributed by atoms with Crippen molar-refractivity contribution in [2.75, 3.05) is 18.4 Å². The van der Waals surface area contributed by atoms with Gasteiger partial charge in [-0.2, -0.15) is 5.10 Å². The van der Waals surface area contributed by atoms with Crippen molar-refractivity contribution in [3.63, 3.8) is 0 Å². The lowest BCUT2D eigenvalue weighted by Crippen LogP contribution is -2.44. The number of nitrogens with one attached hydrogen (secondary N) is 1. The van der Waals surface area contributed by atoms with Gasteiger partial charge in [0.15, 0.2) is 5.69 Å². The van der Waals surface area contributed by atoms with Gasteiger partial charge in [0.2, 0.25) is 11.8 Å². The number of carbonyl (C=O) groups is 3. The summed E-state index contributed by atoms with van der Waals surface area (Å²) in [6, 6.07) is 18.1. The molecule has 8 heteroatoms. The molecular weight excluding hydrogens is 408 g/mol. The average Bonchev–Trinajstić information content (AvgIpc) is 3.31. The van der Waals surface area contributed by atoms with E-state index >= 15 is 0 Å². The summed E-state index contributed by atoms with van der Waals surface area (Å²) in [7, 11) is 0. The molecule has 0 saturated carbocycles. The van der Waals surface area contributed by atoms with Crippen LogP contribution >= 0.6 is 0 Å². The van der Waals surface area contributed by atoms with Crippen molar-refractivity contribution in [1.82, 2.24) is 14.7 Å². The van der Waals surface area contributed by atoms with Crippen LogP contribution in [-0.4, -0.2) is 50.7 Å². The number of carboxylic acids is 1. The van der Waals surface area contributed by atoms with Crippen LogP contribution in [0.1, 0.15) is 28.9 Å². The summed E-state index contributed by atoms with van der Waals surface area (Å²) in [5, 5.41) is 16.0. The first kappa shape index (κ1) is 21.3. The molecule has 1 aromatic heterocycles. The second-order valence-electron chi connectivity index (χ2n) is 7.83. The zero-order valence-electron chi connectivity index (χ0n) is 17.5. The van der Waals surface area contributed by atoms with Gasteiger partial charge in [-0.05, 0) is 42.7 Å². The van der Waals surface area contributed by atoms with Crippen molar-refractivity contribution in [3.05, 3.63) is 78.1 Å². The Morgan fingerprint density at radius 2 is 1.88 bits per heavy atom. The van der Waals surface area contributed by atoms with Crippen molar-refractivity contribution in [3.8, 4) is 5.69 Å². The van der Waals surface area contributed by atoms with Crippen LogP contribution in [0.2, 0.25) is 0 Å². The zero-order valence-corrected chi connectivity index (χ0v) is 17.5. The number of anilines is 1. The van der Waals surface area contributed by atoms with Crippen LogP contribution in [0, 0.1) is 5.92 Å².